The number of aromatic nitrogens is 2. The lowest BCUT2D eigenvalue weighted by molar-refractivity contribution is 1.06. The number of hydrogen-bond acceptors (Lipinski definition) is 2. The van der Waals surface area contributed by atoms with E-state index in [0.29, 0.717) is 5.56 Å². The molecule has 3 nitrogen and oxygen atoms in total. The van der Waals surface area contributed by atoms with E-state index in [-0.39, 0.29) is 0 Å². The molecular weight excluding hydrogens is 282 g/mol. The summed E-state index contributed by atoms with van der Waals surface area (Å²) in [5.74, 6) is 0. The monoisotopic (exact) mass is 297 g/mol. The van der Waals surface area contributed by atoms with Crippen LogP contribution in [0.1, 0.15) is 18.1 Å². The molecule has 0 unspecified atom stereocenters. The highest BCUT2D eigenvalue weighted by Crippen LogP contribution is 2.32. The average Bonchev–Trinajstić information content (AvgIpc) is 2.95. The van der Waals surface area contributed by atoms with Crippen molar-refractivity contribution < 1.29 is 0 Å². The van der Waals surface area contributed by atoms with E-state index in [9.17, 15) is 0 Å². The SMILES string of the molecule is CCc1cc(C#N)ccc1-n1c2ccccc2c2cnccc21. The van der Waals surface area contributed by atoms with Crippen LogP contribution in [0.4, 0.5) is 0 Å². The van der Waals surface area contributed by atoms with Crippen molar-refractivity contribution >= 4 is 21.8 Å². The number of nitriles is 1. The predicted octanol–water partition coefficient (Wildman–Crippen LogP) is 4.61. The molecule has 3 heteroatoms. The molecule has 0 bridgehead atoms. The van der Waals surface area contributed by atoms with E-state index < -0.39 is 0 Å². The average molecular weight is 297 g/mol. The first kappa shape index (κ1) is 13.5. The summed E-state index contributed by atoms with van der Waals surface area (Å²) in [6.07, 6.45) is 4.63. The molecule has 110 valence electrons. The summed E-state index contributed by atoms with van der Waals surface area (Å²) in [5.41, 5.74) is 5.30. The highest BCUT2D eigenvalue weighted by Gasteiger charge is 2.14. The van der Waals surface area contributed by atoms with Crippen LogP contribution in [0.3, 0.4) is 0 Å². The Morgan fingerprint density at radius 1 is 1.04 bits per heavy atom. The molecule has 2 aromatic heterocycles. The van der Waals surface area contributed by atoms with Gasteiger partial charge in [0, 0.05) is 28.9 Å². The summed E-state index contributed by atoms with van der Waals surface area (Å²) in [6, 6.07) is 18.6. The lowest BCUT2D eigenvalue weighted by Gasteiger charge is -2.12. The Morgan fingerprint density at radius 2 is 1.87 bits per heavy atom. The fourth-order valence-corrected chi connectivity index (χ4v) is 3.23. The molecule has 0 fully saturated rings. The minimum Gasteiger partial charge on any atom is -0.309 e. The van der Waals surface area contributed by atoms with Gasteiger partial charge in [-0.05, 0) is 42.3 Å². The molecule has 0 N–H and O–H groups in total. The summed E-state index contributed by atoms with van der Waals surface area (Å²) >= 11 is 0. The van der Waals surface area contributed by atoms with E-state index >= 15 is 0 Å². The smallest absolute Gasteiger partial charge is 0.0991 e. The van der Waals surface area contributed by atoms with Crippen molar-refractivity contribution in [3.8, 4) is 11.8 Å². The first-order valence-corrected chi connectivity index (χ1v) is 7.70. The maximum Gasteiger partial charge on any atom is 0.0991 e. The highest BCUT2D eigenvalue weighted by atomic mass is 15.0. The van der Waals surface area contributed by atoms with E-state index in [2.05, 4.69) is 46.8 Å². The van der Waals surface area contributed by atoms with Crippen LogP contribution >= 0.6 is 0 Å². The molecule has 0 spiro atoms. The number of nitrogens with zero attached hydrogens (tertiary/aromatic N) is 3. The van der Waals surface area contributed by atoms with Crippen molar-refractivity contribution in [2.45, 2.75) is 13.3 Å². The van der Waals surface area contributed by atoms with Crippen molar-refractivity contribution in [2.75, 3.05) is 0 Å². The third kappa shape index (κ3) is 2.00. The summed E-state index contributed by atoms with van der Waals surface area (Å²) in [7, 11) is 0. The summed E-state index contributed by atoms with van der Waals surface area (Å²) < 4.78 is 2.27. The van der Waals surface area contributed by atoms with Gasteiger partial charge < -0.3 is 4.57 Å². The standard InChI is InChI=1S/C20H15N3/c1-2-15-11-14(12-21)7-8-18(15)23-19-6-4-3-5-16(19)17-13-22-10-9-20(17)23/h3-11,13H,2H2,1H3. The van der Waals surface area contributed by atoms with Gasteiger partial charge >= 0.3 is 0 Å². The molecule has 0 aliphatic rings. The highest BCUT2D eigenvalue weighted by molar-refractivity contribution is 6.08. The Balaban J connectivity index is 2.15. The molecule has 0 saturated carbocycles. The molecule has 0 amide bonds. The van der Waals surface area contributed by atoms with Gasteiger partial charge in [0.1, 0.15) is 0 Å². The number of para-hydroxylation sites is 1. The van der Waals surface area contributed by atoms with Crippen molar-refractivity contribution in [1.82, 2.24) is 9.55 Å². The van der Waals surface area contributed by atoms with Crippen molar-refractivity contribution in [2.24, 2.45) is 0 Å². The molecule has 0 atom stereocenters. The van der Waals surface area contributed by atoms with Crippen molar-refractivity contribution in [3.05, 3.63) is 72.1 Å². The van der Waals surface area contributed by atoms with Crippen molar-refractivity contribution in [3.63, 3.8) is 0 Å². The quantitative estimate of drug-likeness (QED) is 0.542. The van der Waals surface area contributed by atoms with Gasteiger partial charge in [0.25, 0.3) is 0 Å². The lowest BCUT2D eigenvalue weighted by atomic mass is 10.1. The van der Waals surface area contributed by atoms with E-state index in [4.69, 9.17) is 5.26 Å². The second-order valence-electron chi connectivity index (χ2n) is 5.55. The molecule has 0 radical (unpaired) electrons. The van der Waals surface area contributed by atoms with Crippen LogP contribution < -0.4 is 0 Å². The Kier molecular flexibility index (Phi) is 3.09. The summed E-state index contributed by atoms with van der Waals surface area (Å²) in [4.78, 5) is 4.28. The number of fused-ring (bicyclic) bond motifs is 3. The molecular formula is C20H15N3. The van der Waals surface area contributed by atoms with E-state index in [1.807, 2.05) is 36.7 Å². The van der Waals surface area contributed by atoms with Crippen LogP contribution in [0.25, 0.3) is 27.5 Å². The van der Waals surface area contributed by atoms with Gasteiger partial charge in [0.2, 0.25) is 0 Å². The Morgan fingerprint density at radius 3 is 2.70 bits per heavy atom. The van der Waals surface area contributed by atoms with Crippen LogP contribution in [0.5, 0.6) is 0 Å². The number of benzene rings is 2. The molecule has 0 aliphatic carbocycles. The third-order valence-corrected chi connectivity index (χ3v) is 4.30. The van der Waals surface area contributed by atoms with Crippen molar-refractivity contribution in [1.29, 1.82) is 5.26 Å². The number of pyridine rings is 1. The van der Waals surface area contributed by atoms with Crippen LogP contribution in [-0.2, 0) is 6.42 Å². The van der Waals surface area contributed by atoms with Gasteiger partial charge in [0.05, 0.1) is 22.7 Å². The fraction of sp³-hybridized carbons (Fsp3) is 0.100. The molecule has 4 rings (SSSR count). The minimum absolute atomic E-state index is 0.702. The predicted molar refractivity (Wildman–Crippen MR) is 92.7 cm³/mol. The van der Waals surface area contributed by atoms with E-state index in [1.54, 1.807) is 0 Å². The first-order chi connectivity index (χ1) is 11.3. The molecule has 2 heterocycles. The Labute approximate surface area is 134 Å². The summed E-state index contributed by atoms with van der Waals surface area (Å²) in [5, 5.41) is 11.5. The van der Waals surface area contributed by atoms with Gasteiger partial charge in [-0.25, -0.2) is 0 Å². The van der Waals surface area contributed by atoms with Gasteiger partial charge in [-0.15, -0.1) is 0 Å². The number of hydrogen-bond donors (Lipinski definition) is 0. The number of rotatable bonds is 2. The van der Waals surface area contributed by atoms with Gasteiger partial charge in [-0.1, -0.05) is 25.1 Å². The van der Waals surface area contributed by atoms with Crippen LogP contribution in [0.2, 0.25) is 0 Å². The molecule has 0 aliphatic heterocycles. The van der Waals surface area contributed by atoms with E-state index in [0.717, 1.165) is 28.5 Å². The molecule has 23 heavy (non-hydrogen) atoms. The second-order valence-corrected chi connectivity index (χ2v) is 5.55. The van der Waals surface area contributed by atoms with Gasteiger partial charge in [-0.3, -0.25) is 4.98 Å². The zero-order valence-corrected chi connectivity index (χ0v) is 12.8. The van der Waals surface area contributed by atoms with Gasteiger partial charge in [0.15, 0.2) is 0 Å². The molecule has 2 aromatic carbocycles. The minimum atomic E-state index is 0.702. The third-order valence-electron chi connectivity index (χ3n) is 4.30. The van der Waals surface area contributed by atoms with Crippen LogP contribution in [0, 0.1) is 11.3 Å². The zero-order valence-electron chi connectivity index (χ0n) is 12.8. The molecule has 4 aromatic rings. The zero-order chi connectivity index (χ0) is 15.8. The van der Waals surface area contributed by atoms with Crippen LogP contribution in [0.15, 0.2) is 60.9 Å². The topological polar surface area (TPSA) is 41.6 Å². The molecule has 0 saturated heterocycles. The van der Waals surface area contributed by atoms with E-state index in [1.165, 1.54) is 10.9 Å². The van der Waals surface area contributed by atoms with Gasteiger partial charge in [-0.2, -0.15) is 5.26 Å². The Hall–Kier alpha value is -3.12. The maximum atomic E-state index is 9.16. The Bertz CT molecular complexity index is 1010. The first-order valence-electron chi connectivity index (χ1n) is 7.70. The number of aryl methyl sites for hydroxylation is 1. The second kappa shape index (κ2) is 5.26. The largest absolute Gasteiger partial charge is 0.309 e. The maximum absolute atomic E-state index is 9.16. The summed E-state index contributed by atoms with van der Waals surface area (Å²) in [6.45, 7) is 2.12. The lowest BCUT2D eigenvalue weighted by Crippen LogP contribution is -1.99. The van der Waals surface area contributed by atoms with Crippen LogP contribution in [-0.4, -0.2) is 9.55 Å². The fourth-order valence-electron chi connectivity index (χ4n) is 3.23. The normalized spacial score (nSPS) is 11.0.